The summed E-state index contributed by atoms with van der Waals surface area (Å²) in [4.78, 5) is 4.05. The predicted octanol–water partition coefficient (Wildman–Crippen LogP) is 5.46. The fraction of sp³-hybridized carbons (Fsp3) is 0.300. The number of furan rings is 1. The minimum Gasteiger partial charge on any atom is -0.455 e. The summed E-state index contributed by atoms with van der Waals surface area (Å²) in [6.45, 7) is 4.35. The van der Waals surface area contributed by atoms with Gasteiger partial charge in [-0.25, -0.2) is 0 Å². The summed E-state index contributed by atoms with van der Waals surface area (Å²) in [6.07, 6.45) is -2.60. The lowest BCUT2D eigenvalue weighted by molar-refractivity contribution is -0.150. The molecule has 1 aromatic carbocycles. The summed E-state index contributed by atoms with van der Waals surface area (Å²) in [6, 6.07) is 6.77. The number of hydrogen-bond donors (Lipinski definition) is 0. The maximum atomic E-state index is 13.6. The second-order valence-electron chi connectivity index (χ2n) is 5.87. The molecule has 0 amide bonds. The first-order chi connectivity index (χ1) is 13.4. The highest BCUT2D eigenvalue weighted by molar-refractivity contribution is 5.93. The summed E-state index contributed by atoms with van der Waals surface area (Å²) in [5.74, 6) is 0.343. The predicted molar refractivity (Wildman–Crippen MR) is 95.2 cm³/mol. The Morgan fingerprint density at radius 3 is 2.43 bits per heavy atom. The number of benzene rings is 1. The van der Waals surface area contributed by atoms with Crippen LogP contribution < -0.4 is 0 Å². The van der Waals surface area contributed by atoms with Gasteiger partial charge in [0.05, 0.1) is 17.2 Å². The average molecular weight is 390 g/mol. The molecule has 0 radical (unpaired) electrons. The average Bonchev–Trinajstić information content (AvgIpc) is 3.11. The molecule has 0 spiro atoms. The summed E-state index contributed by atoms with van der Waals surface area (Å²) in [5.41, 5.74) is -0.708. The third kappa shape index (κ3) is 3.86. The van der Waals surface area contributed by atoms with E-state index in [1.807, 2.05) is 0 Å². The lowest BCUT2D eigenvalue weighted by Gasteiger charge is -2.14. The fourth-order valence-electron chi connectivity index (χ4n) is 2.89. The number of pyridine rings is 1. The van der Waals surface area contributed by atoms with E-state index in [4.69, 9.17) is 19.2 Å². The van der Waals surface area contributed by atoms with E-state index >= 15 is 0 Å². The second kappa shape index (κ2) is 8.00. The van der Waals surface area contributed by atoms with Crippen molar-refractivity contribution in [1.29, 1.82) is 5.26 Å². The van der Waals surface area contributed by atoms with E-state index in [0.29, 0.717) is 24.4 Å². The van der Waals surface area contributed by atoms with Crippen LogP contribution in [0.2, 0.25) is 0 Å². The van der Waals surface area contributed by atoms with Crippen molar-refractivity contribution in [3.05, 3.63) is 53.5 Å². The lowest BCUT2D eigenvalue weighted by Crippen LogP contribution is -2.08. The monoisotopic (exact) mass is 390 g/mol. The second-order valence-corrected chi connectivity index (χ2v) is 5.87. The number of ether oxygens (including phenoxy) is 2. The quantitative estimate of drug-likeness (QED) is 0.523. The van der Waals surface area contributed by atoms with Gasteiger partial charge in [-0.3, -0.25) is 4.98 Å². The third-order valence-corrected chi connectivity index (χ3v) is 4.05. The molecule has 2 heterocycles. The minimum absolute atomic E-state index is 0.0795. The number of nitriles is 1. The van der Waals surface area contributed by atoms with E-state index in [2.05, 4.69) is 4.98 Å². The minimum atomic E-state index is -4.64. The molecule has 0 atom stereocenters. The smallest absolute Gasteiger partial charge is 0.417 e. The molecule has 0 aliphatic heterocycles. The molecule has 0 aliphatic carbocycles. The number of halogens is 3. The Kier molecular flexibility index (Phi) is 5.68. The molecule has 2 aromatic heterocycles. The van der Waals surface area contributed by atoms with E-state index in [-0.39, 0.29) is 22.3 Å². The van der Waals surface area contributed by atoms with E-state index < -0.39 is 18.0 Å². The van der Waals surface area contributed by atoms with Crippen molar-refractivity contribution < 1.29 is 27.1 Å². The Bertz CT molecular complexity index is 1020. The van der Waals surface area contributed by atoms with Crippen LogP contribution in [0.1, 0.15) is 37.0 Å². The van der Waals surface area contributed by atoms with Gasteiger partial charge in [0, 0.05) is 36.6 Å². The molecule has 0 bridgehead atoms. The van der Waals surface area contributed by atoms with Gasteiger partial charge >= 0.3 is 6.18 Å². The van der Waals surface area contributed by atoms with Crippen LogP contribution in [-0.2, 0) is 15.7 Å². The highest BCUT2D eigenvalue weighted by Gasteiger charge is 2.35. The van der Waals surface area contributed by atoms with Gasteiger partial charge in [0.15, 0.2) is 5.76 Å². The fourth-order valence-corrected chi connectivity index (χ4v) is 2.89. The topological polar surface area (TPSA) is 68.3 Å². The van der Waals surface area contributed by atoms with Crippen LogP contribution in [0.25, 0.3) is 22.1 Å². The number of nitrogens with zero attached hydrogens (tertiary/aromatic N) is 2. The molecule has 0 aliphatic rings. The van der Waals surface area contributed by atoms with Crippen molar-refractivity contribution >= 4 is 11.0 Å². The number of alkyl halides is 3. The number of rotatable bonds is 6. The Morgan fingerprint density at radius 2 is 1.82 bits per heavy atom. The molecular formula is C20H17F3N2O3. The normalized spacial score (nSPS) is 11.9. The summed E-state index contributed by atoms with van der Waals surface area (Å²) in [5, 5.41) is 9.47. The third-order valence-electron chi connectivity index (χ3n) is 4.05. The van der Waals surface area contributed by atoms with Crippen molar-refractivity contribution in [3.8, 4) is 17.2 Å². The maximum Gasteiger partial charge on any atom is 0.417 e. The maximum absolute atomic E-state index is 13.6. The SMILES string of the molecule is CCOC(OCC)c1cc2cncc(-c3ccc(C#N)cc3C(F)(F)F)c2o1. The van der Waals surface area contributed by atoms with E-state index in [1.54, 1.807) is 26.0 Å². The first kappa shape index (κ1) is 19.9. The molecule has 0 saturated heterocycles. The van der Waals surface area contributed by atoms with E-state index in [1.165, 1.54) is 24.5 Å². The number of fused-ring (bicyclic) bond motifs is 1. The molecule has 0 saturated carbocycles. The Morgan fingerprint density at radius 1 is 1.11 bits per heavy atom. The van der Waals surface area contributed by atoms with Crippen molar-refractivity contribution in [2.75, 3.05) is 13.2 Å². The number of aromatic nitrogens is 1. The Balaban J connectivity index is 2.19. The largest absolute Gasteiger partial charge is 0.455 e. The van der Waals surface area contributed by atoms with Gasteiger partial charge in [0.2, 0.25) is 6.29 Å². The van der Waals surface area contributed by atoms with Crippen LogP contribution in [0.5, 0.6) is 0 Å². The molecule has 0 unspecified atom stereocenters. The van der Waals surface area contributed by atoms with Crippen molar-refractivity contribution in [2.24, 2.45) is 0 Å². The van der Waals surface area contributed by atoms with Crippen molar-refractivity contribution in [1.82, 2.24) is 4.98 Å². The standard InChI is InChI=1S/C20H17F3N2O3/c1-3-26-19(27-4-2)17-8-13-10-25-11-15(18(13)28-17)14-6-5-12(9-24)7-16(14)20(21,22)23/h5-8,10-11,19H,3-4H2,1-2H3. The van der Waals surface area contributed by atoms with Gasteiger partial charge in [-0.05, 0) is 37.6 Å². The van der Waals surface area contributed by atoms with Crippen molar-refractivity contribution in [3.63, 3.8) is 0 Å². The van der Waals surface area contributed by atoms with Gasteiger partial charge in [0.1, 0.15) is 5.58 Å². The van der Waals surface area contributed by atoms with Gasteiger partial charge < -0.3 is 13.9 Å². The van der Waals surface area contributed by atoms with E-state index in [0.717, 1.165) is 6.07 Å². The zero-order valence-electron chi connectivity index (χ0n) is 15.2. The van der Waals surface area contributed by atoms with Crippen LogP contribution >= 0.6 is 0 Å². The Hall–Kier alpha value is -2.89. The molecule has 28 heavy (non-hydrogen) atoms. The van der Waals surface area contributed by atoms with E-state index in [9.17, 15) is 13.2 Å². The zero-order chi connectivity index (χ0) is 20.3. The lowest BCUT2D eigenvalue weighted by atomic mass is 9.97. The Labute approximate surface area is 159 Å². The molecule has 0 N–H and O–H groups in total. The highest BCUT2D eigenvalue weighted by Crippen LogP contribution is 2.41. The molecule has 5 nitrogen and oxygen atoms in total. The molecule has 146 valence electrons. The molecule has 0 fully saturated rings. The molecular weight excluding hydrogens is 373 g/mol. The van der Waals surface area contributed by atoms with Gasteiger partial charge in [-0.15, -0.1) is 0 Å². The van der Waals surface area contributed by atoms with Crippen LogP contribution in [0.3, 0.4) is 0 Å². The summed E-state index contributed by atoms with van der Waals surface area (Å²) < 4.78 is 57.6. The summed E-state index contributed by atoms with van der Waals surface area (Å²) >= 11 is 0. The van der Waals surface area contributed by atoms with Crippen LogP contribution in [0.15, 0.2) is 41.1 Å². The van der Waals surface area contributed by atoms with Crippen LogP contribution in [-0.4, -0.2) is 18.2 Å². The highest BCUT2D eigenvalue weighted by atomic mass is 19.4. The first-order valence-electron chi connectivity index (χ1n) is 8.61. The number of hydrogen-bond acceptors (Lipinski definition) is 5. The zero-order valence-corrected chi connectivity index (χ0v) is 15.2. The van der Waals surface area contributed by atoms with Crippen LogP contribution in [0.4, 0.5) is 13.2 Å². The van der Waals surface area contributed by atoms with Gasteiger partial charge in [-0.2, -0.15) is 18.4 Å². The molecule has 8 heteroatoms. The molecule has 3 aromatic rings. The van der Waals surface area contributed by atoms with Gasteiger partial charge in [-0.1, -0.05) is 6.07 Å². The van der Waals surface area contributed by atoms with Crippen LogP contribution in [0, 0.1) is 11.3 Å². The molecule has 3 rings (SSSR count). The first-order valence-corrected chi connectivity index (χ1v) is 8.61. The summed E-state index contributed by atoms with van der Waals surface area (Å²) in [7, 11) is 0. The van der Waals surface area contributed by atoms with Gasteiger partial charge in [0.25, 0.3) is 0 Å². The van der Waals surface area contributed by atoms with Crippen molar-refractivity contribution in [2.45, 2.75) is 26.3 Å².